The minimum atomic E-state index is -0.306. The van der Waals surface area contributed by atoms with E-state index >= 15 is 0 Å². The van der Waals surface area contributed by atoms with Crippen LogP contribution < -0.4 is 14.8 Å². The largest absolute Gasteiger partial charge is 0.493 e. The van der Waals surface area contributed by atoms with E-state index in [1.54, 1.807) is 49.6 Å². The maximum Gasteiger partial charge on any atom is 0.257 e. The molecule has 1 heterocycles. The summed E-state index contributed by atoms with van der Waals surface area (Å²) in [5.74, 6) is 0.501. The number of halogens is 1. The van der Waals surface area contributed by atoms with E-state index in [-0.39, 0.29) is 11.7 Å². The van der Waals surface area contributed by atoms with Gasteiger partial charge in [-0.1, -0.05) is 0 Å². The van der Waals surface area contributed by atoms with Gasteiger partial charge < -0.3 is 14.8 Å². The second-order valence-electron chi connectivity index (χ2n) is 5.46. The number of pyridine rings is 1. The number of hydrogen-bond donors (Lipinski definition) is 1. The van der Waals surface area contributed by atoms with Gasteiger partial charge >= 0.3 is 0 Å². The van der Waals surface area contributed by atoms with Crippen LogP contribution in [0.2, 0.25) is 0 Å². The number of ether oxygens (including phenoxy) is 2. The third-order valence-electron chi connectivity index (χ3n) is 3.81. The lowest BCUT2D eigenvalue weighted by Crippen LogP contribution is -2.12. The Morgan fingerprint density at radius 1 is 0.962 bits per heavy atom. The summed E-state index contributed by atoms with van der Waals surface area (Å²) < 4.78 is 23.4. The number of aromatic nitrogens is 1. The molecule has 3 aromatic rings. The third kappa shape index (κ3) is 3.80. The zero-order valence-electron chi connectivity index (χ0n) is 14.3. The lowest BCUT2D eigenvalue weighted by Gasteiger charge is -2.10. The van der Waals surface area contributed by atoms with Gasteiger partial charge in [-0.05, 0) is 48.5 Å². The van der Waals surface area contributed by atoms with Crippen molar-refractivity contribution < 1.29 is 18.7 Å². The second kappa shape index (κ2) is 7.65. The molecule has 0 aliphatic rings. The summed E-state index contributed by atoms with van der Waals surface area (Å²) >= 11 is 0. The Labute approximate surface area is 150 Å². The molecule has 0 unspecified atom stereocenters. The summed E-state index contributed by atoms with van der Waals surface area (Å²) in [4.78, 5) is 16.7. The molecule has 0 saturated heterocycles. The number of carbonyl (C=O) groups is 1. The number of benzene rings is 2. The molecule has 5 nitrogen and oxygen atoms in total. The number of nitrogens with one attached hydrogen (secondary N) is 1. The van der Waals surface area contributed by atoms with E-state index in [0.29, 0.717) is 28.4 Å². The van der Waals surface area contributed by atoms with Crippen LogP contribution in [0.15, 0.2) is 60.8 Å². The van der Waals surface area contributed by atoms with Crippen molar-refractivity contribution in [2.24, 2.45) is 0 Å². The van der Waals surface area contributed by atoms with Gasteiger partial charge in [0.1, 0.15) is 5.82 Å². The van der Waals surface area contributed by atoms with Crippen molar-refractivity contribution in [2.75, 3.05) is 19.5 Å². The van der Waals surface area contributed by atoms with Gasteiger partial charge in [-0.15, -0.1) is 0 Å². The number of hydrogen-bond acceptors (Lipinski definition) is 4. The molecule has 0 atom stereocenters. The molecule has 1 amide bonds. The number of amides is 1. The third-order valence-corrected chi connectivity index (χ3v) is 3.81. The van der Waals surface area contributed by atoms with Crippen molar-refractivity contribution in [1.29, 1.82) is 0 Å². The van der Waals surface area contributed by atoms with Gasteiger partial charge in [0.25, 0.3) is 5.91 Å². The van der Waals surface area contributed by atoms with E-state index in [2.05, 4.69) is 10.3 Å². The first kappa shape index (κ1) is 17.4. The number of nitrogens with zero attached hydrogens (tertiary/aromatic N) is 1. The highest BCUT2D eigenvalue weighted by molar-refractivity contribution is 6.04. The predicted molar refractivity (Wildman–Crippen MR) is 97.1 cm³/mol. The molecule has 132 valence electrons. The normalized spacial score (nSPS) is 10.3. The van der Waals surface area contributed by atoms with Crippen LogP contribution in [0.4, 0.5) is 10.1 Å². The molecular formula is C20H17FN2O3. The highest BCUT2D eigenvalue weighted by atomic mass is 19.1. The minimum absolute atomic E-state index is 0.296. The monoisotopic (exact) mass is 352 g/mol. The molecule has 0 spiro atoms. The Bertz CT molecular complexity index is 909. The highest BCUT2D eigenvalue weighted by Gasteiger charge is 2.10. The molecule has 26 heavy (non-hydrogen) atoms. The van der Waals surface area contributed by atoms with Gasteiger partial charge in [0.05, 0.1) is 25.5 Å². The van der Waals surface area contributed by atoms with E-state index < -0.39 is 0 Å². The fraction of sp³-hybridized carbons (Fsp3) is 0.100. The van der Waals surface area contributed by atoms with Crippen molar-refractivity contribution in [3.63, 3.8) is 0 Å². The van der Waals surface area contributed by atoms with E-state index in [1.807, 2.05) is 0 Å². The average molecular weight is 352 g/mol. The molecule has 6 heteroatoms. The predicted octanol–water partition coefficient (Wildman–Crippen LogP) is 4.16. The molecule has 0 fully saturated rings. The molecule has 0 radical (unpaired) electrons. The van der Waals surface area contributed by atoms with Crippen LogP contribution in [0.3, 0.4) is 0 Å². The zero-order valence-corrected chi connectivity index (χ0v) is 14.3. The van der Waals surface area contributed by atoms with Crippen molar-refractivity contribution in [3.8, 4) is 22.8 Å². The summed E-state index contributed by atoms with van der Waals surface area (Å²) in [5, 5.41) is 2.79. The molecule has 0 bridgehead atoms. The number of methoxy groups -OCH3 is 2. The van der Waals surface area contributed by atoms with E-state index in [4.69, 9.17) is 9.47 Å². The van der Waals surface area contributed by atoms with Gasteiger partial charge in [-0.2, -0.15) is 0 Å². The van der Waals surface area contributed by atoms with Crippen LogP contribution in [0.5, 0.6) is 11.5 Å². The van der Waals surface area contributed by atoms with Crippen LogP contribution in [-0.4, -0.2) is 25.1 Å². The molecule has 0 aliphatic carbocycles. The molecular weight excluding hydrogens is 335 g/mol. The molecule has 1 aromatic heterocycles. The van der Waals surface area contributed by atoms with Crippen molar-refractivity contribution in [3.05, 3.63) is 72.2 Å². The van der Waals surface area contributed by atoms with Gasteiger partial charge in [-0.3, -0.25) is 9.78 Å². The van der Waals surface area contributed by atoms with Crippen molar-refractivity contribution in [1.82, 2.24) is 4.98 Å². The lowest BCUT2D eigenvalue weighted by molar-refractivity contribution is 0.102. The van der Waals surface area contributed by atoms with Crippen LogP contribution in [0.25, 0.3) is 11.3 Å². The lowest BCUT2D eigenvalue weighted by atomic mass is 10.1. The van der Waals surface area contributed by atoms with Crippen molar-refractivity contribution in [2.45, 2.75) is 0 Å². The zero-order chi connectivity index (χ0) is 18.5. The Hall–Kier alpha value is -3.41. The Balaban J connectivity index is 1.75. The Morgan fingerprint density at radius 2 is 1.69 bits per heavy atom. The maximum absolute atomic E-state index is 13.0. The summed E-state index contributed by atoms with van der Waals surface area (Å²) in [6.45, 7) is 0. The van der Waals surface area contributed by atoms with Crippen LogP contribution in [0, 0.1) is 5.82 Å². The maximum atomic E-state index is 13.0. The average Bonchev–Trinajstić information content (AvgIpc) is 2.68. The quantitative estimate of drug-likeness (QED) is 0.749. The summed E-state index contributed by atoms with van der Waals surface area (Å²) in [5.41, 5.74) is 2.42. The summed E-state index contributed by atoms with van der Waals surface area (Å²) in [6, 6.07) is 14.5. The molecule has 2 aromatic carbocycles. The van der Waals surface area contributed by atoms with Gasteiger partial charge in [0, 0.05) is 23.5 Å². The Kier molecular flexibility index (Phi) is 5.12. The van der Waals surface area contributed by atoms with Crippen LogP contribution in [-0.2, 0) is 0 Å². The van der Waals surface area contributed by atoms with Gasteiger partial charge in [-0.25, -0.2) is 4.39 Å². The number of rotatable bonds is 5. The summed E-state index contributed by atoms with van der Waals surface area (Å²) in [6.07, 6.45) is 1.48. The first-order valence-corrected chi connectivity index (χ1v) is 7.86. The van der Waals surface area contributed by atoms with E-state index in [1.165, 1.54) is 25.4 Å². The SMILES string of the molecule is COc1ccc(NC(=O)c2ccc(-c3ccc(F)cc3)nc2)cc1OC. The van der Waals surface area contributed by atoms with Crippen LogP contribution in [0.1, 0.15) is 10.4 Å². The molecule has 0 saturated carbocycles. The van der Waals surface area contributed by atoms with Crippen LogP contribution >= 0.6 is 0 Å². The molecule has 0 aliphatic heterocycles. The molecule has 3 rings (SSSR count). The highest BCUT2D eigenvalue weighted by Crippen LogP contribution is 2.30. The topological polar surface area (TPSA) is 60.5 Å². The van der Waals surface area contributed by atoms with Crippen molar-refractivity contribution >= 4 is 11.6 Å². The van der Waals surface area contributed by atoms with Gasteiger partial charge in [0.15, 0.2) is 11.5 Å². The smallest absolute Gasteiger partial charge is 0.257 e. The van der Waals surface area contributed by atoms with Gasteiger partial charge in [0.2, 0.25) is 0 Å². The summed E-state index contributed by atoms with van der Waals surface area (Å²) in [7, 11) is 3.08. The fourth-order valence-electron chi connectivity index (χ4n) is 2.44. The minimum Gasteiger partial charge on any atom is -0.493 e. The van der Waals surface area contributed by atoms with E-state index in [0.717, 1.165) is 5.56 Å². The number of anilines is 1. The Morgan fingerprint density at radius 3 is 2.31 bits per heavy atom. The first-order valence-electron chi connectivity index (χ1n) is 7.86. The second-order valence-corrected chi connectivity index (χ2v) is 5.46. The standard InChI is InChI=1S/C20H17FN2O3/c1-25-18-10-8-16(11-19(18)26-2)23-20(24)14-5-9-17(22-12-14)13-3-6-15(21)7-4-13/h3-12H,1-2H3,(H,23,24). The number of carbonyl (C=O) groups excluding carboxylic acids is 1. The van der Waals surface area contributed by atoms with E-state index in [9.17, 15) is 9.18 Å². The molecule has 1 N–H and O–H groups in total. The first-order chi connectivity index (χ1) is 12.6. The fourth-order valence-corrected chi connectivity index (χ4v) is 2.44.